The summed E-state index contributed by atoms with van der Waals surface area (Å²) < 4.78 is 40.9. The van der Waals surface area contributed by atoms with Crippen LogP contribution in [0.15, 0.2) is 30.6 Å². The summed E-state index contributed by atoms with van der Waals surface area (Å²) >= 11 is 0. The van der Waals surface area contributed by atoms with E-state index >= 15 is 0 Å². The van der Waals surface area contributed by atoms with E-state index in [0.717, 1.165) is 0 Å². The molecule has 0 saturated heterocycles. The number of alkyl halides is 3. The van der Waals surface area contributed by atoms with Crippen molar-refractivity contribution >= 4 is 11.8 Å². The molecule has 0 fully saturated rings. The Balaban J connectivity index is 1.92. The third-order valence-electron chi connectivity index (χ3n) is 2.09. The van der Waals surface area contributed by atoms with Crippen LogP contribution in [0.5, 0.6) is 0 Å². The minimum atomic E-state index is -4.55. The van der Waals surface area contributed by atoms with Crippen LogP contribution in [-0.2, 0) is 4.74 Å². The number of amides is 1. The van der Waals surface area contributed by atoms with Gasteiger partial charge in [-0.25, -0.2) is 9.48 Å². The Labute approximate surface area is 110 Å². The van der Waals surface area contributed by atoms with E-state index in [1.54, 1.807) is 12.1 Å². The number of anilines is 1. The van der Waals surface area contributed by atoms with Gasteiger partial charge in [0.05, 0.1) is 5.69 Å². The second kappa shape index (κ2) is 5.55. The molecule has 0 aliphatic rings. The summed E-state index contributed by atoms with van der Waals surface area (Å²) in [5, 5.41) is 12.7. The number of ether oxygens (including phenoxy) is 1. The van der Waals surface area contributed by atoms with Crippen LogP contribution >= 0.6 is 0 Å². The Bertz CT molecular complexity index is 568. The molecular formula is C10H8F3N5O2. The predicted molar refractivity (Wildman–Crippen MR) is 60.2 cm³/mol. The lowest BCUT2D eigenvalue weighted by Gasteiger charge is -2.09. The Morgan fingerprint density at radius 1 is 1.30 bits per heavy atom. The van der Waals surface area contributed by atoms with Crippen molar-refractivity contribution in [1.29, 1.82) is 0 Å². The van der Waals surface area contributed by atoms with Crippen LogP contribution in [0.2, 0.25) is 0 Å². The van der Waals surface area contributed by atoms with Crippen LogP contribution in [-0.4, -0.2) is 39.1 Å². The van der Waals surface area contributed by atoms with Gasteiger partial charge in [-0.3, -0.25) is 5.32 Å². The molecule has 0 saturated carbocycles. The lowest BCUT2D eigenvalue weighted by Crippen LogP contribution is -2.23. The highest BCUT2D eigenvalue weighted by Crippen LogP contribution is 2.16. The first kappa shape index (κ1) is 13.8. The second-order valence-electron chi connectivity index (χ2n) is 3.62. The van der Waals surface area contributed by atoms with E-state index in [2.05, 4.69) is 25.6 Å². The quantitative estimate of drug-likeness (QED) is 0.930. The van der Waals surface area contributed by atoms with Gasteiger partial charge in [0, 0.05) is 5.69 Å². The van der Waals surface area contributed by atoms with Crippen molar-refractivity contribution in [3.05, 3.63) is 30.6 Å². The van der Waals surface area contributed by atoms with E-state index < -0.39 is 18.9 Å². The summed E-state index contributed by atoms with van der Waals surface area (Å²) in [6.45, 7) is -1.64. The Hall–Kier alpha value is -2.65. The normalized spacial score (nSPS) is 11.2. The molecule has 0 aliphatic heterocycles. The summed E-state index contributed by atoms with van der Waals surface area (Å²) in [5.41, 5.74) is 0.915. The minimum absolute atomic E-state index is 0.286. The van der Waals surface area contributed by atoms with E-state index in [1.165, 1.54) is 23.1 Å². The zero-order valence-corrected chi connectivity index (χ0v) is 9.83. The topological polar surface area (TPSA) is 81.9 Å². The fourth-order valence-corrected chi connectivity index (χ4v) is 1.28. The number of carbonyl (C=O) groups is 1. The molecule has 1 aromatic heterocycles. The second-order valence-corrected chi connectivity index (χ2v) is 3.62. The van der Waals surface area contributed by atoms with Gasteiger partial charge in [0.1, 0.15) is 6.33 Å². The summed E-state index contributed by atoms with van der Waals surface area (Å²) in [6.07, 6.45) is -4.36. The number of hydrogen-bond donors (Lipinski definition) is 1. The summed E-state index contributed by atoms with van der Waals surface area (Å²) in [4.78, 5) is 11.1. The zero-order chi connectivity index (χ0) is 14.6. The van der Waals surface area contributed by atoms with Gasteiger partial charge in [0.15, 0.2) is 6.61 Å². The van der Waals surface area contributed by atoms with Gasteiger partial charge in [-0.1, -0.05) is 0 Å². The van der Waals surface area contributed by atoms with Crippen LogP contribution in [0, 0.1) is 0 Å². The molecule has 7 nitrogen and oxygen atoms in total. The Morgan fingerprint density at radius 3 is 2.55 bits per heavy atom. The predicted octanol–water partition coefficient (Wildman–Crippen LogP) is 1.77. The summed E-state index contributed by atoms with van der Waals surface area (Å²) in [5.74, 6) is 0. The van der Waals surface area contributed by atoms with Crippen LogP contribution in [0.4, 0.5) is 23.7 Å². The van der Waals surface area contributed by atoms with Gasteiger partial charge < -0.3 is 4.74 Å². The molecule has 1 aromatic carbocycles. The fraction of sp³-hybridized carbons (Fsp3) is 0.200. The first-order valence-electron chi connectivity index (χ1n) is 5.28. The SMILES string of the molecule is O=C(Nc1ccc(-n2cnnn2)cc1)OCC(F)(F)F. The molecule has 2 aromatic rings. The smallest absolute Gasteiger partial charge is 0.422 e. The highest BCUT2D eigenvalue weighted by Gasteiger charge is 2.29. The lowest BCUT2D eigenvalue weighted by molar-refractivity contribution is -0.159. The molecule has 0 unspecified atom stereocenters. The van der Waals surface area contributed by atoms with Crippen molar-refractivity contribution < 1.29 is 22.7 Å². The molecule has 0 atom stereocenters. The molecule has 10 heteroatoms. The fourth-order valence-electron chi connectivity index (χ4n) is 1.28. The van der Waals surface area contributed by atoms with Crippen molar-refractivity contribution in [2.75, 3.05) is 11.9 Å². The van der Waals surface area contributed by atoms with E-state index in [0.29, 0.717) is 5.69 Å². The first-order valence-corrected chi connectivity index (χ1v) is 5.28. The van der Waals surface area contributed by atoms with E-state index in [9.17, 15) is 18.0 Å². The standard InChI is InChI=1S/C10H8F3N5O2/c11-10(12,13)5-20-9(19)15-7-1-3-8(4-2-7)18-6-14-16-17-18/h1-4,6H,5H2,(H,15,19). The van der Waals surface area contributed by atoms with Gasteiger partial charge >= 0.3 is 12.3 Å². The van der Waals surface area contributed by atoms with Crippen molar-refractivity contribution in [3.63, 3.8) is 0 Å². The van der Waals surface area contributed by atoms with Crippen LogP contribution in [0.1, 0.15) is 0 Å². The van der Waals surface area contributed by atoms with Gasteiger partial charge in [0.25, 0.3) is 0 Å². The molecule has 0 spiro atoms. The Morgan fingerprint density at radius 2 is 2.00 bits per heavy atom. The van der Waals surface area contributed by atoms with E-state index in [1.807, 2.05) is 0 Å². The zero-order valence-electron chi connectivity index (χ0n) is 9.83. The number of nitrogens with one attached hydrogen (secondary N) is 1. The number of halogens is 3. The van der Waals surface area contributed by atoms with Gasteiger partial charge in [-0.2, -0.15) is 13.2 Å². The number of carbonyl (C=O) groups excluding carboxylic acids is 1. The average Bonchev–Trinajstić information content (AvgIpc) is 2.90. The molecule has 1 N–H and O–H groups in total. The molecule has 1 amide bonds. The van der Waals surface area contributed by atoms with Crippen LogP contribution < -0.4 is 5.32 Å². The van der Waals surface area contributed by atoms with Gasteiger partial charge in [0.2, 0.25) is 0 Å². The third-order valence-corrected chi connectivity index (χ3v) is 2.09. The van der Waals surface area contributed by atoms with Gasteiger partial charge in [-0.15, -0.1) is 5.10 Å². The molecular weight excluding hydrogens is 279 g/mol. The van der Waals surface area contributed by atoms with Crippen molar-refractivity contribution in [3.8, 4) is 5.69 Å². The number of hydrogen-bond acceptors (Lipinski definition) is 5. The largest absolute Gasteiger partial charge is 0.440 e. The maximum absolute atomic E-state index is 11.8. The van der Waals surface area contributed by atoms with Crippen molar-refractivity contribution in [2.45, 2.75) is 6.18 Å². The number of rotatable bonds is 3. The summed E-state index contributed by atoms with van der Waals surface area (Å²) in [7, 11) is 0. The Kier molecular flexibility index (Phi) is 3.82. The maximum atomic E-state index is 11.8. The average molecular weight is 287 g/mol. The third kappa shape index (κ3) is 3.93. The van der Waals surface area contributed by atoms with Crippen molar-refractivity contribution in [1.82, 2.24) is 20.2 Å². The molecule has 1 heterocycles. The number of aromatic nitrogens is 4. The molecule has 106 valence electrons. The van der Waals surface area contributed by atoms with E-state index in [4.69, 9.17) is 0 Å². The molecule has 0 radical (unpaired) electrons. The summed E-state index contributed by atoms with van der Waals surface area (Å²) in [6, 6.07) is 6.11. The molecule has 20 heavy (non-hydrogen) atoms. The van der Waals surface area contributed by atoms with Gasteiger partial charge in [-0.05, 0) is 34.7 Å². The van der Waals surface area contributed by atoms with Crippen LogP contribution in [0.25, 0.3) is 5.69 Å². The van der Waals surface area contributed by atoms with Crippen LogP contribution in [0.3, 0.4) is 0 Å². The highest BCUT2D eigenvalue weighted by molar-refractivity contribution is 5.84. The highest BCUT2D eigenvalue weighted by atomic mass is 19.4. The molecule has 0 bridgehead atoms. The number of tetrazole rings is 1. The monoisotopic (exact) mass is 287 g/mol. The molecule has 2 rings (SSSR count). The van der Waals surface area contributed by atoms with E-state index in [-0.39, 0.29) is 5.69 Å². The number of benzene rings is 1. The minimum Gasteiger partial charge on any atom is -0.440 e. The maximum Gasteiger partial charge on any atom is 0.422 e. The first-order chi connectivity index (χ1) is 9.44. The lowest BCUT2D eigenvalue weighted by atomic mass is 10.3. The van der Waals surface area contributed by atoms with Crippen molar-refractivity contribution in [2.24, 2.45) is 0 Å². The number of nitrogens with zero attached hydrogens (tertiary/aromatic N) is 4. The molecule has 0 aliphatic carbocycles.